The van der Waals surface area contributed by atoms with Crippen LogP contribution in [0.4, 0.5) is 0 Å². The molecule has 0 radical (unpaired) electrons. The number of imidazole rings is 1. The number of hydrogen-bond acceptors (Lipinski definition) is 3. The zero-order valence-electron chi connectivity index (χ0n) is 11.7. The smallest absolute Gasteiger partial charge is 0.224 e. The van der Waals surface area contributed by atoms with Crippen LogP contribution in [0.1, 0.15) is 26.2 Å². The summed E-state index contributed by atoms with van der Waals surface area (Å²) in [5.41, 5.74) is 1.43. The van der Waals surface area contributed by atoms with Gasteiger partial charge in [0.1, 0.15) is 12.2 Å². The van der Waals surface area contributed by atoms with E-state index in [1.807, 2.05) is 11.0 Å². The lowest BCUT2D eigenvalue weighted by atomic mass is 10.0. The van der Waals surface area contributed by atoms with E-state index < -0.39 is 0 Å². The highest BCUT2D eigenvalue weighted by molar-refractivity contribution is 9.10. The van der Waals surface area contributed by atoms with Gasteiger partial charge in [0.25, 0.3) is 0 Å². The molecular weight excluding hydrogens is 356 g/mol. The summed E-state index contributed by atoms with van der Waals surface area (Å²) in [5.74, 6) is 0.640. The molecule has 0 saturated carbocycles. The molecule has 1 atom stereocenters. The van der Waals surface area contributed by atoms with Gasteiger partial charge in [0.05, 0.1) is 0 Å². The second-order valence-electron chi connectivity index (χ2n) is 5.42. The second kappa shape index (κ2) is 5.93. The summed E-state index contributed by atoms with van der Waals surface area (Å²) in [7, 11) is 0. The quantitative estimate of drug-likeness (QED) is 0.827. The van der Waals surface area contributed by atoms with Gasteiger partial charge in [-0.2, -0.15) is 0 Å². The molecule has 1 aliphatic heterocycles. The molecular formula is C14H16BrClN4O. The third-order valence-electron chi connectivity index (χ3n) is 3.81. The zero-order valence-corrected chi connectivity index (χ0v) is 14.1. The SMILES string of the molecule is CCCC1CC(=O)N(Cn2c(Cl)nc3cc(Br)cnc32)C1. The molecule has 112 valence electrons. The van der Waals surface area contributed by atoms with Crippen molar-refractivity contribution in [2.24, 2.45) is 5.92 Å². The minimum atomic E-state index is 0.184. The highest BCUT2D eigenvalue weighted by Gasteiger charge is 2.29. The molecule has 5 nitrogen and oxygen atoms in total. The number of amides is 1. The fourth-order valence-corrected chi connectivity index (χ4v) is 3.39. The first kappa shape index (κ1) is 14.8. The number of fused-ring (bicyclic) bond motifs is 1. The van der Waals surface area contributed by atoms with Gasteiger partial charge in [-0.15, -0.1) is 0 Å². The van der Waals surface area contributed by atoms with Crippen molar-refractivity contribution >= 4 is 44.6 Å². The predicted molar refractivity (Wildman–Crippen MR) is 85.0 cm³/mol. The topological polar surface area (TPSA) is 51.0 Å². The van der Waals surface area contributed by atoms with Crippen LogP contribution in [0.5, 0.6) is 0 Å². The van der Waals surface area contributed by atoms with Gasteiger partial charge in [-0.1, -0.05) is 13.3 Å². The van der Waals surface area contributed by atoms with Gasteiger partial charge in [-0.3, -0.25) is 9.36 Å². The summed E-state index contributed by atoms with van der Waals surface area (Å²) in [6.45, 7) is 3.36. The van der Waals surface area contributed by atoms with Gasteiger partial charge >= 0.3 is 0 Å². The minimum Gasteiger partial charge on any atom is -0.324 e. The monoisotopic (exact) mass is 370 g/mol. The lowest BCUT2D eigenvalue weighted by Crippen LogP contribution is -2.28. The van der Waals surface area contributed by atoms with E-state index in [1.54, 1.807) is 10.8 Å². The maximum absolute atomic E-state index is 12.1. The summed E-state index contributed by atoms with van der Waals surface area (Å²) in [6.07, 6.45) is 4.54. The van der Waals surface area contributed by atoms with Crippen molar-refractivity contribution in [3.63, 3.8) is 0 Å². The average molecular weight is 372 g/mol. The summed E-state index contributed by atoms with van der Waals surface area (Å²) in [5, 5.41) is 0.363. The Morgan fingerprint density at radius 3 is 3.10 bits per heavy atom. The van der Waals surface area contributed by atoms with Crippen molar-refractivity contribution < 1.29 is 4.79 Å². The summed E-state index contributed by atoms with van der Waals surface area (Å²) in [4.78, 5) is 22.6. The Hall–Kier alpha value is -1.14. The van der Waals surface area contributed by atoms with Crippen LogP contribution in [-0.2, 0) is 11.5 Å². The molecule has 0 bridgehead atoms. The minimum absolute atomic E-state index is 0.184. The van der Waals surface area contributed by atoms with Gasteiger partial charge in [0, 0.05) is 23.6 Å². The maximum Gasteiger partial charge on any atom is 0.224 e. The largest absolute Gasteiger partial charge is 0.324 e. The van der Waals surface area contributed by atoms with Crippen molar-refractivity contribution in [3.05, 3.63) is 22.0 Å². The summed E-state index contributed by atoms with van der Waals surface area (Å²) in [6, 6.07) is 1.87. The Balaban J connectivity index is 1.85. The van der Waals surface area contributed by atoms with Crippen LogP contribution in [0.25, 0.3) is 11.2 Å². The molecule has 7 heteroatoms. The van der Waals surface area contributed by atoms with E-state index in [2.05, 4.69) is 32.8 Å². The van der Waals surface area contributed by atoms with Crippen LogP contribution >= 0.6 is 27.5 Å². The Bertz CT molecular complexity index is 687. The van der Waals surface area contributed by atoms with Crippen molar-refractivity contribution in [1.29, 1.82) is 0 Å². The molecule has 2 aromatic rings. The molecule has 1 unspecified atom stereocenters. The van der Waals surface area contributed by atoms with E-state index in [4.69, 9.17) is 11.6 Å². The van der Waals surface area contributed by atoms with Crippen LogP contribution in [0.3, 0.4) is 0 Å². The zero-order chi connectivity index (χ0) is 15.0. The Morgan fingerprint density at radius 1 is 1.52 bits per heavy atom. The molecule has 1 fully saturated rings. The van der Waals surface area contributed by atoms with Gasteiger partial charge in [0.2, 0.25) is 11.2 Å². The molecule has 2 aromatic heterocycles. The number of carbonyl (C=O) groups is 1. The molecule has 0 aromatic carbocycles. The first-order chi connectivity index (χ1) is 10.1. The van der Waals surface area contributed by atoms with Crippen molar-refractivity contribution in [2.75, 3.05) is 6.54 Å². The normalized spacial score (nSPS) is 18.9. The molecule has 3 heterocycles. The number of carbonyl (C=O) groups excluding carboxylic acids is 1. The van der Waals surface area contributed by atoms with E-state index >= 15 is 0 Å². The number of nitrogens with zero attached hydrogens (tertiary/aromatic N) is 4. The van der Waals surface area contributed by atoms with E-state index in [0.717, 1.165) is 29.4 Å². The predicted octanol–water partition coefficient (Wildman–Crippen LogP) is 3.45. The molecule has 0 N–H and O–H groups in total. The molecule has 1 amide bonds. The van der Waals surface area contributed by atoms with E-state index in [-0.39, 0.29) is 5.91 Å². The number of likely N-dealkylation sites (tertiary alicyclic amines) is 1. The lowest BCUT2D eigenvalue weighted by Gasteiger charge is -2.18. The Morgan fingerprint density at radius 2 is 2.33 bits per heavy atom. The number of hydrogen-bond donors (Lipinski definition) is 0. The molecule has 0 aliphatic carbocycles. The summed E-state index contributed by atoms with van der Waals surface area (Å²) < 4.78 is 2.65. The molecule has 1 aliphatic rings. The van der Waals surface area contributed by atoms with Crippen LogP contribution < -0.4 is 0 Å². The van der Waals surface area contributed by atoms with E-state index in [0.29, 0.717) is 29.9 Å². The van der Waals surface area contributed by atoms with E-state index in [1.165, 1.54) is 0 Å². The van der Waals surface area contributed by atoms with Crippen LogP contribution in [0.2, 0.25) is 5.28 Å². The highest BCUT2D eigenvalue weighted by Crippen LogP contribution is 2.26. The number of halogens is 2. The Labute approximate surface area is 136 Å². The standard InChI is InChI=1S/C14H16BrClN4O/c1-2-3-9-4-12(21)19(7-9)8-20-13-11(18-14(20)16)5-10(15)6-17-13/h5-6,9H,2-4,7-8H2,1H3. The molecule has 21 heavy (non-hydrogen) atoms. The van der Waals surface area contributed by atoms with Gasteiger partial charge in [-0.25, -0.2) is 9.97 Å². The lowest BCUT2D eigenvalue weighted by molar-refractivity contribution is -0.129. The van der Waals surface area contributed by atoms with Crippen LogP contribution in [0, 0.1) is 5.92 Å². The average Bonchev–Trinajstić information content (AvgIpc) is 2.91. The van der Waals surface area contributed by atoms with E-state index in [9.17, 15) is 4.79 Å². The number of pyridine rings is 1. The third kappa shape index (κ3) is 2.92. The second-order valence-corrected chi connectivity index (χ2v) is 6.68. The first-order valence-corrected chi connectivity index (χ1v) is 8.20. The van der Waals surface area contributed by atoms with Crippen LogP contribution in [0.15, 0.2) is 16.7 Å². The highest BCUT2D eigenvalue weighted by atomic mass is 79.9. The van der Waals surface area contributed by atoms with Crippen molar-refractivity contribution in [2.45, 2.75) is 32.9 Å². The first-order valence-electron chi connectivity index (χ1n) is 7.03. The Kier molecular flexibility index (Phi) is 4.17. The van der Waals surface area contributed by atoms with Gasteiger partial charge < -0.3 is 4.90 Å². The number of aromatic nitrogens is 3. The van der Waals surface area contributed by atoms with Gasteiger partial charge in [-0.05, 0) is 45.9 Å². The molecule has 0 spiro atoms. The molecule has 3 rings (SSSR count). The van der Waals surface area contributed by atoms with Crippen LogP contribution in [-0.4, -0.2) is 31.9 Å². The maximum atomic E-state index is 12.1. The fraction of sp³-hybridized carbons (Fsp3) is 0.500. The molecule has 1 saturated heterocycles. The van der Waals surface area contributed by atoms with Crippen molar-refractivity contribution in [3.8, 4) is 0 Å². The van der Waals surface area contributed by atoms with Crippen molar-refractivity contribution in [1.82, 2.24) is 19.4 Å². The summed E-state index contributed by atoms with van der Waals surface area (Å²) >= 11 is 9.57. The third-order valence-corrected chi connectivity index (χ3v) is 4.53. The van der Waals surface area contributed by atoms with Gasteiger partial charge in [0.15, 0.2) is 5.65 Å². The fourth-order valence-electron chi connectivity index (χ4n) is 2.85. The number of rotatable bonds is 4.